The second kappa shape index (κ2) is 4.99. The number of aliphatic hydroxyl groups is 1. The maximum absolute atomic E-state index is 10.0. The molecule has 2 nitrogen and oxygen atoms in total. The van der Waals surface area contributed by atoms with E-state index >= 15 is 0 Å². The number of methoxy groups -OCH3 is 1. The van der Waals surface area contributed by atoms with Crippen molar-refractivity contribution in [1.29, 1.82) is 0 Å². The van der Waals surface area contributed by atoms with Crippen LogP contribution in [0.25, 0.3) is 5.57 Å². The maximum atomic E-state index is 10.0. The Hall–Kier alpha value is -1.54. The van der Waals surface area contributed by atoms with Crippen LogP contribution in [0, 0.1) is 5.41 Å². The smallest absolute Gasteiger partial charge is 0.122 e. The average Bonchev–Trinajstić information content (AvgIpc) is 2.54. The van der Waals surface area contributed by atoms with Crippen molar-refractivity contribution in [3.05, 3.63) is 46.5 Å². The highest BCUT2D eigenvalue weighted by Gasteiger charge is 2.42. The van der Waals surface area contributed by atoms with Crippen LogP contribution < -0.4 is 4.74 Å². The van der Waals surface area contributed by atoms with Crippen molar-refractivity contribution < 1.29 is 9.84 Å². The summed E-state index contributed by atoms with van der Waals surface area (Å²) in [5.41, 5.74) is 7.55. The third-order valence-corrected chi connectivity index (χ3v) is 6.03. The van der Waals surface area contributed by atoms with Crippen molar-refractivity contribution in [1.82, 2.24) is 0 Å². The Morgan fingerprint density at radius 2 is 2.14 bits per heavy atom. The molecule has 2 heteroatoms. The number of benzene rings is 1. The molecule has 1 aromatic rings. The number of ether oxygens (including phenoxy) is 1. The molecule has 0 amide bonds. The molecule has 1 fully saturated rings. The van der Waals surface area contributed by atoms with Gasteiger partial charge in [0.1, 0.15) is 5.75 Å². The molecule has 0 saturated heterocycles. The van der Waals surface area contributed by atoms with Gasteiger partial charge in [-0.3, -0.25) is 0 Å². The molecule has 0 aliphatic heterocycles. The summed E-state index contributed by atoms with van der Waals surface area (Å²) in [4.78, 5) is 0. The van der Waals surface area contributed by atoms with Gasteiger partial charge >= 0.3 is 0 Å². The van der Waals surface area contributed by atoms with Crippen LogP contribution in [0.5, 0.6) is 5.75 Å². The average molecular weight is 296 g/mol. The fourth-order valence-corrected chi connectivity index (χ4v) is 4.78. The molecular formula is C20H24O2. The Balaban J connectivity index is 1.82. The molecule has 22 heavy (non-hydrogen) atoms. The first-order valence-corrected chi connectivity index (χ1v) is 8.40. The van der Waals surface area contributed by atoms with E-state index in [9.17, 15) is 5.11 Å². The summed E-state index contributed by atoms with van der Waals surface area (Å²) >= 11 is 0. The van der Waals surface area contributed by atoms with Crippen LogP contribution >= 0.6 is 0 Å². The predicted octanol–water partition coefficient (Wildman–Crippen LogP) is 4.28. The molecule has 1 saturated carbocycles. The Morgan fingerprint density at radius 1 is 1.27 bits per heavy atom. The van der Waals surface area contributed by atoms with Gasteiger partial charge in [0.25, 0.3) is 0 Å². The molecule has 0 unspecified atom stereocenters. The third-order valence-electron chi connectivity index (χ3n) is 6.03. The van der Waals surface area contributed by atoms with Gasteiger partial charge in [0.2, 0.25) is 0 Å². The third kappa shape index (κ3) is 1.90. The maximum Gasteiger partial charge on any atom is 0.122 e. The molecule has 0 aromatic heterocycles. The summed E-state index contributed by atoms with van der Waals surface area (Å²) in [5, 5.41) is 10.0. The Labute approximate surface area is 132 Å². The summed E-state index contributed by atoms with van der Waals surface area (Å²) in [7, 11) is 1.77. The van der Waals surface area contributed by atoms with Crippen molar-refractivity contribution in [2.24, 2.45) is 5.41 Å². The minimum atomic E-state index is -0.141. The summed E-state index contributed by atoms with van der Waals surface area (Å²) in [6.07, 6.45) is 8.32. The molecule has 2 atom stereocenters. The van der Waals surface area contributed by atoms with E-state index in [1.54, 1.807) is 12.7 Å². The fraction of sp³-hybridized carbons (Fsp3) is 0.500. The van der Waals surface area contributed by atoms with Crippen LogP contribution in [0.2, 0.25) is 0 Å². The molecule has 1 aromatic carbocycles. The van der Waals surface area contributed by atoms with E-state index in [1.165, 1.54) is 22.3 Å². The van der Waals surface area contributed by atoms with Crippen molar-refractivity contribution in [2.45, 2.75) is 51.6 Å². The van der Waals surface area contributed by atoms with Crippen molar-refractivity contribution in [3.63, 3.8) is 0 Å². The van der Waals surface area contributed by atoms with Crippen LogP contribution in [-0.2, 0) is 6.42 Å². The molecule has 116 valence electrons. The van der Waals surface area contributed by atoms with E-state index in [2.05, 4.69) is 31.2 Å². The Bertz CT molecular complexity index is 683. The molecule has 0 spiro atoms. The largest absolute Gasteiger partial charge is 0.496 e. The van der Waals surface area contributed by atoms with Gasteiger partial charge in [-0.05, 0) is 55.7 Å². The Kier molecular flexibility index (Phi) is 3.19. The first-order valence-electron chi connectivity index (χ1n) is 8.40. The summed E-state index contributed by atoms with van der Waals surface area (Å²) < 4.78 is 5.57. The number of hydrogen-bond acceptors (Lipinski definition) is 2. The number of hydrogen-bond donors (Lipinski definition) is 1. The molecule has 3 aliphatic carbocycles. The number of aliphatic hydroxyl groups excluding tert-OH is 1. The zero-order valence-corrected chi connectivity index (χ0v) is 13.5. The summed E-state index contributed by atoms with van der Waals surface area (Å²) in [6.45, 7) is 2.39. The number of rotatable bonds is 1. The van der Waals surface area contributed by atoms with Gasteiger partial charge in [-0.1, -0.05) is 36.3 Å². The Morgan fingerprint density at radius 3 is 2.95 bits per heavy atom. The first-order chi connectivity index (χ1) is 10.6. The van der Waals surface area contributed by atoms with E-state index < -0.39 is 0 Å². The normalized spacial score (nSPS) is 30.1. The number of allylic oxidation sites excluding steroid dienone is 3. The van der Waals surface area contributed by atoms with E-state index in [1.807, 2.05) is 0 Å². The standard InChI is InChI=1S/C20H24O2/c1-20-11-10-14(21)12-13(20)6-7-16-15-4-3-5-19(22-2)17(15)8-9-18(16)20/h3-6,14,21H,7-12H2,1-2H3/t14-,20+/m0/s1. The summed E-state index contributed by atoms with van der Waals surface area (Å²) in [6, 6.07) is 6.44. The van der Waals surface area contributed by atoms with E-state index in [-0.39, 0.29) is 11.5 Å². The highest BCUT2D eigenvalue weighted by Crippen LogP contribution is 2.55. The van der Waals surface area contributed by atoms with E-state index in [0.717, 1.165) is 44.3 Å². The molecule has 0 bridgehead atoms. The number of fused-ring (bicyclic) bond motifs is 4. The lowest BCUT2D eigenvalue weighted by Crippen LogP contribution is -2.35. The highest BCUT2D eigenvalue weighted by molar-refractivity contribution is 5.78. The first kappa shape index (κ1) is 14.1. The van der Waals surface area contributed by atoms with Gasteiger partial charge in [0.05, 0.1) is 13.2 Å². The van der Waals surface area contributed by atoms with Crippen LogP contribution in [-0.4, -0.2) is 18.3 Å². The van der Waals surface area contributed by atoms with E-state index in [4.69, 9.17) is 4.74 Å². The molecule has 4 rings (SSSR count). The minimum Gasteiger partial charge on any atom is -0.496 e. The van der Waals surface area contributed by atoms with Gasteiger partial charge in [-0.25, -0.2) is 0 Å². The molecule has 3 aliphatic rings. The van der Waals surface area contributed by atoms with Gasteiger partial charge < -0.3 is 9.84 Å². The van der Waals surface area contributed by atoms with Gasteiger partial charge in [-0.2, -0.15) is 0 Å². The molecule has 0 heterocycles. The second-order valence-corrected chi connectivity index (χ2v) is 7.11. The molecule has 0 radical (unpaired) electrons. The van der Waals surface area contributed by atoms with Crippen LogP contribution in [0.1, 0.15) is 50.2 Å². The van der Waals surface area contributed by atoms with Crippen LogP contribution in [0.15, 0.2) is 35.4 Å². The van der Waals surface area contributed by atoms with Gasteiger partial charge in [-0.15, -0.1) is 0 Å². The SMILES string of the molecule is COc1cccc2c1CCC1=C2CC=C2C[C@@H](O)CC[C@]21C. The van der Waals surface area contributed by atoms with E-state index in [0.29, 0.717) is 0 Å². The topological polar surface area (TPSA) is 29.5 Å². The van der Waals surface area contributed by atoms with Gasteiger partial charge in [0, 0.05) is 11.0 Å². The fourth-order valence-electron chi connectivity index (χ4n) is 4.78. The molecule has 1 N–H and O–H groups in total. The lowest BCUT2D eigenvalue weighted by molar-refractivity contribution is 0.120. The molecular weight excluding hydrogens is 272 g/mol. The lowest BCUT2D eigenvalue weighted by Gasteiger charge is -2.46. The monoisotopic (exact) mass is 296 g/mol. The second-order valence-electron chi connectivity index (χ2n) is 7.11. The predicted molar refractivity (Wildman–Crippen MR) is 88.9 cm³/mol. The zero-order chi connectivity index (χ0) is 15.3. The van der Waals surface area contributed by atoms with Crippen molar-refractivity contribution >= 4 is 5.57 Å². The summed E-state index contributed by atoms with van der Waals surface area (Å²) in [5.74, 6) is 1.03. The van der Waals surface area contributed by atoms with Crippen molar-refractivity contribution in [3.8, 4) is 5.75 Å². The quantitative estimate of drug-likeness (QED) is 0.784. The lowest BCUT2D eigenvalue weighted by atomic mass is 9.59. The highest BCUT2D eigenvalue weighted by atomic mass is 16.5. The van der Waals surface area contributed by atoms with Crippen molar-refractivity contribution in [2.75, 3.05) is 7.11 Å². The zero-order valence-electron chi connectivity index (χ0n) is 13.5. The van der Waals surface area contributed by atoms with Gasteiger partial charge in [0.15, 0.2) is 0 Å². The minimum absolute atomic E-state index is 0.141. The van der Waals surface area contributed by atoms with Crippen LogP contribution in [0.4, 0.5) is 0 Å². The van der Waals surface area contributed by atoms with Crippen LogP contribution in [0.3, 0.4) is 0 Å².